The highest BCUT2D eigenvalue weighted by Gasteiger charge is 2.16. The summed E-state index contributed by atoms with van der Waals surface area (Å²) >= 11 is 1.52. The minimum Gasteiger partial charge on any atom is -0.449 e. The van der Waals surface area contributed by atoms with Gasteiger partial charge in [-0.15, -0.1) is 11.3 Å². The van der Waals surface area contributed by atoms with Crippen LogP contribution in [0.5, 0.6) is 0 Å². The fourth-order valence-electron chi connectivity index (χ4n) is 2.31. The Balaban J connectivity index is 1.58. The molecule has 0 saturated carbocycles. The van der Waals surface area contributed by atoms with E-state index in [2.05, 4.69) is 5.32 Å². The molecule has 1 atom stereocenters. The Morgan fingerprint density at radius 2 is 1.88 bits per heavy atom. The van der Waals surface area contributed by atoms with E-state index in [4.69, 9.17) is 4.74 Å². The van der Waals surface area contributed by atoms with Crippen molar-refractivity contribution in [3.63, 3.8) is 0 Å². The molecule has 0 aliphatic rings. The molecule has 3 aromatic rings. The number of carbonyl (C=O) groups is 2. The quantitative estimate of drug-likeness (QED) is 0.544. The molecule has 3 rings (SSSR count). The number of nitrogens with one attached hydrogen (secondary N) is 1. The van der Waals surface area contributed by atoms with E-state index in [9.17, 15) is 9.59 Å². The molecule has 0 unspecified atom stereocenters. The Morgan fingerprint density at radius 3 is 2.64 bits per heavy atom. The zero-order chi connectivity index (χ0) is 17.6. The third-order valence-corrected chi connectivity index (χ3v) is 4.44. The highest BCUT2D eigenvalue weighted by Crippen LogP contribution is 2.19. The Labute approximate surface area is 149 Å². The van der Waals surface area contributed by atoms with Gasteiger partial charge in [0.2, 0.25) is 0 Å². The van der Waals surface area contributed by atoms with Crippen LogP contribution in [0.3, 0.4) is 0 Å². The summed E-state index contributed by atoms with van der Waals surface area (Å²) in [6.07, 6.45) is 2.11. The molecule has 0 spiro atoms. The number of ether oxygens (including phenoxy) is 1. The van der Waals surface area contributed by atoms with Gasteiger partial charge in [0.25, 0.3) is 5.91 Å². The molecule has 0 radical (unpaired) electrons. The Kier molecular flexibility index (Phi) is 5.26. The lowest BCUT2D eigenvalue weighted by atomic mass is 10.1. The Morgan fingerprint density at radius 1 is 1.08 bits per heavy atom. The summed E-state index contributed by atoms with van der Waals surface area (Å²) in [5.41, 5.74) is 0.667. The molecule has 25 heavy (non-hydrogen) atoms. The molecule has 0 saturated heterocycles. The molecular formula is C20H17NO3S. The van der Waals surface area contributed by atoms with Crippen molar-refractivity contribution in [2.75, 3.05) is 5.32 Å². The number of anilines is 1. The molecule has 0 aliphatic carbocycles. The first-order valence-corrected chi connectivity index (χ1v) is 8.71. The second kappa shape index (κ2) is 7.77. The second-order valence-electron chi connectivity index (χ2n) is 5.48. The van der Waals surface area contributed by atoms with Crippen LogP contribution in [0.25, 0.3) is 16.8 Å². The van der Waals surface area contributed by atoms with Crippen LogP contribution in [0, 0.1) is 0 Å². The van der Waals surface area contributed by atoms with Crippen LogP contribution in [-0.2, 0) is 14.3 Å². The van der Waals surface area contributed by atoms with Gasteiger partial charge in [0.1, 0.15) is 0 Å². The van der Waals surface area contributed by atoms with Gasteiger partial charge in [-0.3, -0.25) is 4.79 Å². The summed E-state index contributed by atoms with van der Waals surface area (Å²) in [5.74, 6) is -0.914. The van der Waals surface area contributed by atoms with Crippen molar-refractivity contribution >= 4 is 45.7 Å². The Hall–Kier alpha value is -2.92. The number of thiophene rings is 1. The number of fused-ring (bicyclic) bond motifs is 1. The standard InChI is InChI=1S/C20H17NO3S/c1-14(24-19(22)11-10-18-7-4-12-25-18)20(23)21-17-9-8-15-5-2-3-6-16(15)13-17/h2-14H,1H3,(H,21,23)/b11-10+/t14-/m1/s1. The Bertz CT molecular complexity index is 916. The minimum atomic E-state index is -0.882. The van der Waals surface area contributed by atoms with E-state index in [1.807, 2.05) is 60.0 Å². The van der Waals surface area contributed by atoms with Crippen LogP contribution < -0.4 is 5.32 Å². The number of esters is 1. The third kappa shape index (κ3) is 4.55. The molecule has 2 aromatic carbocycles. The van der Waals surface area contributed by atoms with Crippen LogP contribution >= 0.6 is 11.3 Å². The zero-order valence-electron chi connectivity index (χ0n) is 13.6. The molecule has 1 amide bonds. The first-order valence-electron chi connectivity index (χ1n) is 7.84. The van der Waals surface area contributed by atoms with Gasteiger partial charge in [-0.25, -0.2) is 4.79 Å². The van der Waals surface area contributed by atoms with Crippen molar-refractivity contribution in [3.8, 4) is 0 Å². The molecule has 0 aliphatic heterocycles. The van der Waals surface area contributed by atoms with Crippen LogP contribution in [0.1, 0.15) is 11.8 Å². The zero-order valence-corrected chi connectivity index (χ0v) is 14.5. The first-order chi connectivity index (χ1) is 12.1. The minimum absolute atomic E-state index is 0.367. The third-order valence-electron chi connectivity index (χ3n) is 3.61. The lowest BCUT2D eigenvalue weighted by Crippen LogP contribution is -2.29. The SMILES string of the molecule is C[C@@H](OC(=O)/C=C/c1cccs1)C(=O)Nc1ccc2ccccc2c1. The summed E-state index contributed by atoms with van der Waals surface area (Å²) in [4.78, 5) is 25.0. The van der Waals surface area contributed by atoms with E-state index in [1.54, 1.807) is 13.0 Å². The van der Waals surface area contributed by atoms with Crippen molar-refractivity contribution in [3.05, 3.63) is 70.9 Å². The normalized spacial score (nSPS) is 12.2. The second-order valence-corrected chi connectivity index (χ2v) is 6.46. The topological polar surface area (TPSA) is 55.4 Å². The van der Waals surface area contributed by atoms with Gasteiger partial charge in [0.05, 0.1) is 0 Å². The molecule has 1 N–H and O–H groups in total. The molecular weight excluding hydrogens is 334 g/mol. The van der Waals surface area contributed by atoms with Crippen molar-refractivity contribution in [1.82, 2.24) is 0 Å². The van der Waals surface area contributed by atoms with E-state index < -0.39 is 12.1 Å². The van der Waals surface area contributed by atoms with Crippen molar-refractivity contribution in [2.24, 2.45) is 0 Å². The monoisotopic (exact) mass is 351 g/mol. The molecule has 1 heterocycles. The van der Waals surface area contributed by atoms with Crippen molar-refractivity contribution in [2.45, 2.75) is 13.0 Å². The fourth-order valence-corrected chi connectivity index (χ4v) is 2.93. The predicted molar refractivity (Wildman–Crippen MR) is 101 cm³/mol. The number of amides is 1. The van der Waals surface area contributed by atoms with E-state index in [0.29, 0.717) is 5.69 Å². The largest absolute Gasteiger partial charge is 0.449 e. The smallest absolute Gasteiger partial charge is 0.331 e. The van der Waals surface area contributed by atoms with E-state index in [0.717, 1.165) is 15.6 Å². The number of carbonyl (C=O) groups excluding carboxylic acids is 2. The summed E-state index contributed by atoms with van der Waals surface area (Å²) in [7, 11) is 0. The van der Waals surface area contributed by atoms with Gasteiger partial charge in [0.15, 0.2) is 6.10 Å². The van der Waals surface area contributed by atoms with Gasteiger partial charge in [-0.05, 0) is 47.4 Å². The summed E-state index contributed by atoms with van der Waals surface area (Å²) in [6.45, 7) is 1.55. The number of hydrogen-bond donors (Lipinski definition) is 1. The van der Waals surface area contributed by atoms with E-state index in [-0.39, 0.29) is 5.91 Å². The van der Waals surface area contributed by atoms with Gasteiger partial charge in [-0.1, -0.05) is 36.4 Å². The maximum absolute atomic E-state index is 12.2. The van der Waals surface area contributed by atoms with Crippen LogP contribution in [0.15, 0.2) is 66.1 Å². The lowest BCUT2D eigenvalue weighted by molar-refractivity contribution is -0.148. The summed E-state index contributed by atoms with van der Waals surface area (Å²) in [5, 5.41) is 6.82. The maximum atomic E-state index is 12.2. The van der Waals surface area contributed by atoms with Gasteiger partial charge in [0, 0.05) is 16.6 Å². The fraction of sp³-hybridized carbons (Fsp3) is 0.100. The average molecular weight is 351 g/mol. The molecule has 126 valence electrons. The molecule has 5 heteroatoms. The van der Waals surface area contributed by atoms with Crippen molar-refractivity contribution in [1.29, 1.82) is 0 Å². The van der Waals surface area contributed by atoms with Crippen LogP contribution in [0.4, 0.5) is 5.69 Å². The number of rotatable bonds is 5. The molecule has 0 bridgehead atoms. The van der Waals surface area contributed by atoms with Gasteiger partial charge in [-0.2, -0.15) is 0 Å². The van der Waals surface area contributed by atoms with Gasteiger partial charge >= 0.3 is 5.97 Å². The maximum Gasteiger partial charge on any atom is 0.331 e. The highest BCUT2D eigenvalue weighted by atomic mass is 32.1. The number of hydrogen-bond acceptors (Lipinski definition) is 4. The average Bonchev–Trinajstić information content (AvgIpc) is 3.13. The van der Waals surface area contributed by atoms with Crippen LogP contribution in [0.2, 0.25) is 0 Å². The molecule has 0 fully saturated rings. The highest BCUT2D eigenvalue weighted by molar-refractivity contribution is 7.10. The summed E-state index contributed by atoms with van der Waals surface area (Å²) < 4.78 is 5.14. The molecule has 4 nitrogen and oxygen atoms in total. The van der Waals surface area contributed by atoms with Gasteiger partial charge < -0.3 is 10.1 Å². The first kappa shape index (κ1) is 16.9. The van der Waals surface area contributed by atoms with E-state index in [1.165, 1.54) is 17.4 Å². The number of benzene rings is 2. The van der Waals surface area contributed by atoms with E-state index >= 15 is 0 Å². The predicted octanol–water partition coefficient (Wildman–Crippen LogP) is 4.48. The molecule has 1 aromatic heterocycles. The lowest BCUT2D eigenvalue weighted by Gasteiger charge is -2.12. The van der Waals surface area contributed by atoms with Crippen LogP contribution in [-0.4, -0.2) is 18.0 Å². The summed E-state index contributed by atoms with van der Waals surface area (Å²) in [6, 6.07) is 17.3. The van der Waals surface area contributed by atoms with Crippen molar-refractivity contribution < 1.29 is 14.3 Å².